The number of aliphatic hydroxyl groups excluding tert-OH is 1. The van der Waals surface area contributed by atoms with Crippen molar-refractivity contribution in [2.24, 2.45) is 0 Å². The molecule has 2 rings (SSSR count). The average molecular weight is 255 g/mol. The van der Waals surface area contributed by atoms with Crippen LogP contribution in [0.5, 0.6) is 0 Å². The standard InChI is InChI=1S/C14H19F2NO/c15-12-4-3-11(14(16)9-12)10-17(13-5-6-13)7-1-2-8-18/h3-4,9,13,18H,1-2,5-8,10H2. The fourth-order valence-electron chi connectivity index (χ4n) is 2.13. The van der Waals surface area contributed by atoms with Crippen molar-refractivity contribution in [3.8, 4) is 0 Å². The van der Waals surface area contributed by atoms with Crippen LogP contribution in [0.1, 0.15) is 31.2 Å². The highest BCUT2D eigenvalue weighted by Gasteiger charge is 2.28. The summed E-state index contributed by atoms with van der Waals surface area (Å²) in [5.74, 6) is -1.00. The Morgan fingerprint density at radius 3 is 2.61 bits per heavy atom. The van der Waals surface area contributed by atoms with E-state index in [0.29, 0.717) is 18.2 Å². The van der Waals surface area contributed by atoms with Crippen LogP contribution >= 0.6 is 0 Å². The van der Waals surface area contributed by atoms with Crippen LogP contribution in [-0.2, 0) is 6.54 Å². The molecule has 0 spiro atoms. The Hall–Kier alpha value is -1.00. The molecule has 0 amide bonds. The normalized spacial score (nSPS) is 15.3. The molecule has 0 aromatic heterocycles. The summed E-state index contributed by atoms with van der Waals surface area (Å²) in [6.07, 6.45) is 3.99. The molecule has 0 unspecified atom stereocenters. The Balaban J connectivity index is 1.95. The van der Waals surface area contributed by atoms with E-state index in [-0.39, 0.29) is 6.61 Å². The highest BCUT2D eigenvalue weighted by atomic mass is 19.1. The maximum absolute atomic E-state index is 13.6. The quantitative estimate of drug-likeness (QED) is 0.757. The number of halogens is 2. The Bertz CT molecular complexity index is 393. The summed E-state index contributed by atoms with van der Waals surface area (Å²) < 4.78 is 26.4. The summed E-state index contributed by atoms with van der Waals surface area (Å²) in [7, 11) is 0. The summed E-state index contributed by atoms with van der Waals surface area (Å²) in [5, 5.41) is 8.78. The lowest BCUT2D eigenvalue weighted by Crippen LogP contribution is -2.27. The minimum absolute atomic E-state index is 0.198. The van der Waals surface area contributed by atoms with Gasteiger partial charge in [-0.1, -0.05) is 6.07 Å². The van der Waals surface area contributed by atoms with Gasteiger partial charge in [0.1, 0.15) is 11.6 Å². The number of benzene rings is 1. The number of hydrogen-bond acceptors (Lipinski definition) is 2. The molecule has 0 atom stereocenters. The summed E-state index contributed by atoms with van der Waals surface area (Å²) >= 11 is 0. The first-order chi connectivity index (χ1) is 8.70. The lowest BCUT2D eigenvalue weighted by molar-refractivity contribution is 0.226. The number of aliphatic hydroxyl groups is 1. The first-order valence-corrected chi connectivity index (χ1v) is 6.49. The van der Waals surface area contributed by atoms with Crippen molar-refractivity contribution in [1.82, 2.24) is 4.90 Å². The van der Waals surface area contributed by atoms with Gasteiger partial charge in [0, 0.05) is 30.8 Å². The van der Waals surface area contributed by atoms with Crippen LogP contribution < -0.4 is 0 Å². The minimum Gasteiger partial charge on any atom is -0.396 e. The van der Waals surface area contributed by atoms with Crippen LogP contribution in [-0.4, -0.2) is 29.2 Å². The van der Waals surface area contributed by atoms with Gasteiger partial charge in [0.15, 0.2) is 0 Å². The Morgan fingerprint density at radius 2 is 2.00 bits per heavy atom. The minimum atomic E-state index is -0.533. The fraction of sp³-hybridized carbons (Fsp3) is 0.571. The third-order valence-corrected chi connectivity index (χ3v) is 3.31. The first-order valence-electron chi connectivity index (χ1n) is 6.49. The van der Waals surface area contributed by atoms with Crippen LogP contribution in [0.25, 0.3) is 0 Å². The molecule has 0 saturated heterocycles. The van der Waals surface area contributed by atoms with Gasteiger partial charge in [-0.25, -0.2) is 8.78 Å². The van der Waals surface area contributed by atoms with Crippen LogP contribution in [0.3, 0.4) is 0 Å². The van der Waals surface area contributed by atoms with Gasteiger partial charge in [0.2, 0.25) is 0 Å². The molecule has 1 aliphatic carbocycles. The third kappa shape index (κ3) is 3.75. The lowest BCUT2D eigenvalue weighted by atomic mass is 10.2. The molecule has 4 heteroatoms. The highest BCUT2D eigenvalue weighted by molar-refractivity contribution is 5.18. The second kappa shape index (κ2) is 6.25. The van der Waals surface area contributed by atoms with E-state index < -0.39 is 11.6 Å². The van der Waals surface area contributed by atoms with Gasteiger partial charge in [0.25, 0.3) is 0 Å². The van der Waals surface area contributed by atoms with Crippen LogP contribution in [0, 0.1) is 11.6 Å². The molecule has 100 valence electrons. The third-order valence-electron chi connectivity index (χ3n) is 3.31. The van der Waals surface area contributed by atoms with E-state index >= 15 is 0 Å². The topological polar surface area (TPSA) is 23.5 Å². The molecule has 1 N–H and O–H groups in total. The maximum atomic E-state index is 13.6. The summed E-state index contributed by atoms with van der Waals surface area (Å²) in [6.45, 7) is 1.59. The van der Waals surface area contributed by atoms with Gasteiger partial charge in [-0.2, -0.15) is 0 Å². The van der Waals surface area contributed by atoms with E-state index in [9.17, 15) is 8.78 Å². The number of nitrogens with zero attached hydrogens (tertiary/aromatic N) is 1. The van der Waals surface area contributed by atoms with E-state index in [0.717, 1.165) is 38.3 Å². The average Bonchev–Trinajstić information content (AvgIpc) is 3.15. The van der Waals surface area contributed by atoms with Gasteiger partial charge in [-0.05, 0) is 38.3 Å². The summed E-state index contributed by atoms with van der Waals surface area (Å²) in [6, 6.07) is 4.30. The molecule has 0 bridgehead atoms. The smallest absolute Gasteiger partial charge is 0.130 e. The van der Waals surface area contributed by atoms with Gasteiger partial charge in [-0.15, -0.1) is 0 Å². The molecule has 1 aromatic rings. The summed E-state index contributed by atoms with van der Waals surface area (Å²) in [4.78, 5) is 2.23. The first kappa shape index (κ1) is 13.4. The maximum Gasteiger partial charge on any atom is 0.130 e. The van der Waals surface area contributed by atoms with E-state index in [1.807, 2.05) is 0 Å². The molecule has 0 radical (unpaired) electrons. The Labute approximate surface area is 106 Å². The monoisotopic (exact) mass is 255 g/mol. The predicted octanol–water partition coefficient (Wildman–Crippen LogP) is 2.70. The molecule has 1 aliphatic rings. The van der Waals surface area contributed by atoms with E-state index in [4.69, 9.17) is 5.11 Å². The van der Waals surface area contributed by atoms with Crippen molar-refractivity contribution in [2.75, 3.05) is 13.2 Å². The molecule has 18 heavy (non-hydrogen) atoms. The van der Waals surface area contributed by atoms with Gasteiger partial charge < -0.3 is 5.11 Å². The molecule has 1 fully saturated rings. The Morgan fingerprint density at radius 1 is 1.22 bits per heavy atom. The van der Waals surface area contributed by atoms with Gasteiger partial charge >= 0.3 is 0 Å². The summed E-state index contributed by atoms with van der Waals surface area (Å²) in [5.41, 5.74) is 0.548. The van der Waals surface area contributed by atoms with E-state index in [2.05, 4.69) is 4.90 Å². The van der Waals surface area contributed by atoms with Crippen LogP contribution in [0.15, 0.2) is 18.2 Å². The molecular formula is C14H19F2NO. The highest BCUT2D eigenvalue weighted by Crippen LogP contribution is 2.29. The molecule has 0 heterocycles. The fourth-order valence-corrected chi connectivity index (χ4v) is 2.13. The molecule has 1 saturated carbocycles. The molecular weight excluding hydrogens is 236 g/mol. The van der Waals surface area contributed by atoms with Crippen molar-refractivity contribution in [3.05, 3.63) is 35.4 Å². The van der Waals surface area contributed by atoms with Crippen molar-refractivity contribution in [2.45, 2.75) is 38.3 Å². The molecule has 2 nitrogen and oxygen atoms in total. The van der Waals surface area contributed by atoms with Crippen LogP contribution in [0.2, 0.25) is 0 Å². The number of unbranched alkanes of at least 4 members (excludes halogenated alkanes) is 1. The van der Waals surface area contributed by atoms with Crippen molar-refractivity contribution < 1.29 is 13.9 Å². The van der Waals surface area contributed by atoms with Crippen LogP contribution in [0.4, 0.5) is 8.78 Å². The largest absolute Gasteiger partial charge is 0.396 e. The van der Waals surface area contributed by atoms with Gasteiger partial charge in [0.05, 0.1) is 0 Å². The second-order valence-corrected chi connectivity index (χ2v) is 4.87. The van der Waals surface area contributed by atoms with Crippen molar-refractivity contribution >= 4 is 0 Å². The predicted molar refractivity (Wildman–Crippen MR) is 66.1 cm³/mol. The van der Waals surface area contributed by atoms with Crippen molar-refractivity contribution in [1.29, 1.82) is 0 Å². The Kier molecular flexibility index (Phi) is 4.66. The van der Waals surface area contributed by atoms with Crippen molar-refractivity contribution in [3.63, 3.8) is 0 Å². The SMILES string of the molecule is OCCCCN(Cc1ccc(F)cc1F)C1CC1. The van der Waals surface area contributed by atoms with E-state index in [1.54, 1.807) is 0 Å². The molecule has 0 aliphatic heterocycles. The van der Waals surface area contributed by atoms with E-state index in [1.165, 1.54) is 12.1 Å². The number of hydrogen-bond donors (Lipinski definition) is 1. The molecule has 1 aromatic carbocycles. The zero-order valence-corrected chi connectivity index (χ0v) is 10.4. The zero-order chi connectivity index (χ0) is 13.0. The van der Waals surface area contributed by atoms with Gasteiger partial charge in [-0.3, -0.25) is 4.90 Å². The lowest BCUT2D eigenvalue weighted by Gasteiger charge is -2.22. The second-order valence-electron chi connectivity index (χ2n) is 4.87. The zero-order valence-electron chi connectivity index (χ0n) is 10.4. The number of rotatable bonds is 7.